The van der Waals surface area contributed by atoms with Gasteiger partial charge in [0.1, 0.15) is 0 Å². The highest BCUT2D eigenvalue weighted by Crippen LogP contribution is 2.72. The first-order valence-corrected chi connectivity index (χ1v) is 8.11. The molecular formula is C19H20O2. The van der Waals surface area contributed by atoms with Gasteiger partial charge in [0.05, 0.1) is 11.7 Å². The summed E-state index contributed by atoms with van der Waals surface area (Å²) >= 11 is 0. The lowest BCUT2D eigenvalue weighted by Crippen LogP contribution is -2.50. The molecule has 108 valence electrons. The maximum absolute atomic E-state index is 12.1. The van der Waals surface area contributed by atoms with Gasteiger partial charge in [-0.25, -0.2) is 0 Å². The molecule has 2 saturated heterocycles. The highest BCUT2D eigenvalue weighted by Gasteiger charge is 2.70. The Bertz CT molecular complexity index is 649. The third-order valence-electron chi connectivity index (χ3n) is 6.65. The Hall–Kier alpha value is -1.41. The molecule has 2 aliphatic heterocycles. The van der Waals surface area contributed by atoms with Gasteiger partial charge in [-0.05, 0) is 42.2 Å². The fourth-order valence-corrected chi connectivity index (χ4v) is 5.94. The highest BCUT2D eigenvalue weighted by molar-refractivity contribution is 5.93. The summed E-state index contributed by atoms with van der Waals surface area (Å²) < 4.78 is 6.62. The second-order valence-electron chi connectivity index (χ2n) is 7.51. The zero-order valence-electron chi connectivity index (χ0n) is 12.3. The zero-order valence-corrected chi connectivity index (χ0v) is 12.3. The molecule has 0 radical (unpaired) electrons. The van der Waals surface area contributed by atoms with Gasteiger partial charge in [-0.15, -0.1) is 0 Å². The van der Waals surface area contributed by atoms with Crippen molar-refractivity contribution in [1.82, 2.24) is 0 Å². The Kier molecular flexibility index (Phi) is 2.13. The number of hydrogen-bond acceptors (Lipinski definition) is 2. The number of rotatable bonds is 1. The first kappa shape index (κ1) is 12.2. The van der Waals surface area contributed by atoms with E-state index in [9.17, 15) is 4.79 Å². The summed E-state index contributed by atoms with van der Waals surface area (Å²) in [6, 6.07) is 10.7. The van der Waals surface area contributed by atoms with Gasteiger partial charge in [0.2, 0.25) is 0 Å². The van der Waals surface area contributed by atoms with Crippen LogP contribution in [0.15, 0.2) is 42.5 Å². The summed E-state index contributed by atoms with van der Waals surface area (Å²) in [7, 11) is 0. The van der Waals surface area contributed by atoms with Crippen molar-refractivity contribution in [2.75, 3.05) is 0 Å². The fourth-order valence-electron chi connectivity index (χ4n) is 5.94. The Labute approximate surface area is 125 Å². The monoisotopic (exact) mass is 280 g/mol. The molecule has 6 rings (SSSR count). The fraction of sp³-hybridized carbons (Fsp3) is 0.526. The van der Waals surface area contributed by atoms with Crippen molar-refractivity contribution in [1.29, 1.82) is 0 Å². The van der Waals surface area contributed by atoms with E-state index in [0.29, 0.717) is 11.8 Å². The molecule has 4 bridgehead atoms. The maximum atomic E-state index is 12.1. The number of ether oxygens (including phenoxy) is 1. The predicted octanol–water partition coefficient (Wildman–Crippen LogP) is 3.47. The largest absolute Gasteiger partial charge is 0.366 e. The van der Waals surface area contributed by atoms with Crippen molar-refractivity contribution in [2.45, 2.75) is 37.9 Å². The first-order valence-electron chi connectivity index (χ1n) is 8.11. The van der Waals surface area contributed by atoms with Crippen LogP contribution in [0.3, 0.4) is 0 Å². The molecule has 6 atom stereocenters. The Morgan fingerprint density at radius 3 is 2.86 bits per heavy atom. The Morgan fingerprint density at radius 2 is 2.05 bits per heavy atom. The average molecular weight is 280 g/mol. The Balaban J connectivity index is 1.65. The number of benzene rings is 1. The summed E-state index contributed by atoms with van der Waals surface area (Å²) in [5.41, 5.74) is 1.45. The minimum Gasteiger partial charge on any atom is -0.366 e. The molecule has 2 heteroatoms. The molecule has 2 heterocycles. The van der Waals surface area contributed by atoms with E-state index >= 15 is 0 Å². The Morgan fingerprint density at radius 1 is 1.24 bits per heavy atom. The van der Waals surface area contributed by atoms with Crippen molar-refractivity contribution in [3.05, 3.63) is 48.0 Å². The molecule has 5 aliphatic rings. The summed E-state index contributed by atoms with van der Waals surface area (Å²) in [5, 5.41) is 0. The standard InChI is InChI=1S/C19H20O2/c1-12-15(20)7-8-18-10-14-9-16(17(12)18)21-19(14,11-18)13-5-3-2-4-6-13/h2-8,12,14,16-17H,9-11H2,1H3. The van der Waals surface area contributed by atoms with E-state index in [4.69, 9.17) is 4.74 Å². The molecular weight excluding hydrogens is 260 g/mol. The molecule has 6 unspecified atom stereocenters. The first-order chi connectivity index (χ1) is 10.1. The normalized spacial score (nSPS) is 49.7. The van der Waals surface area contributed by atoms with E-state index < -0.39 is 0 Å². The number of allylic oxidation sites excluding steroid dienone is 2. The summed E-state index contributed by atoms with van der Waals surface area (Å²) in [6.45, 7) is 2.10. The summed E-state index contributed by atoms with van der Waals surface area (Å²) in [5.74, 6) is 1.42. The topological polar surface area (TPSA) is 26.3 Å². The molecule has 21 heavy (non-hydrogen) atoms. The van der Waals surface area contributed by atoms with Crippen molar-refractivity contribution >= 4 is 5.78 Å². The minimum atomic E-state index is -0.0904. The lowest BCUT2D eigenvalue weighted by atomic mass is 9.58. The van der Waals surface area contributed by atoms with Crippen LogP contribution in [0.25, 0.3) is 0 Å². The number of carbonyl (C=O) groups excluding carboxylic acids is 1. The highest BCUT2D eigenvalue weighted by atomic mass is 16.5. The van der Waals surface area contributed by atoms with Gasteiger partial charge >= 0.3 is 0 Å². The molecule has 0 aromatic heterocycles. The third kappa shape index (κ3) is 1.31. The van der Waals surface area contributed by atoms with E-state index in [1.807, 2.05) is 6.08 Å². The van der Waals surface area contributed by atoms with Crippen LogP contribution in [0.5, 0.6) is 0 Å². The molecule has 3 aliphatic carbocycles. The van der Waals surface area contributed by atoms with Crippen molar-refractivity contribution in [2.24, 2.45) is 23.2 Å². The van der Waals surface area contributed by atoms with Crippen LogP contribution < -0.4 is 0 Å². The second-order valence-corrected chi connectivity index (χ2v) is 7.51. The second kappa shape index (κ2) is 3.67. The van der Waals surface area contributed by atoms with E-state index in [-0.39, 0.29) is 28.8 Å². The van der Waals surface area contributed by atoms with E-state index in [0.717, 1.165) is 12.8 Å². The van der Waals surface area contributed by atoms with Crippen LogP contribution in [-0.2, 0) is 15.1 Å². The maximum Gasteiger partial charge on any atom is 0.158 e. The van der Waals surface area contributed by atoms with E-state index in [1.165, 1.54) is 12.0 Å². The van der Waals surface area contributed by atoms with Crippen molar-refractivity contribution in [3.8, 4) is 0 Å². The summed E-state index contributed by atoms with van der Waals surface area (Å²) in [6.07, 6.45) is 7.74. The van der Waals surface area contributed by atoms with E-state index in [1.54, 1.807) is 0 Å². The minimum absolute atomic E-state index is 0.0904. The molecule has 1 spiro atoms. The van der Waals surface area contributed by atoms with Crippen molar-refractivity contribution in [3.63, 3.8) is 0 Å². The van der Waals surface area contributed by atoms with Gasteiger partial charge in [0, 0.05) is 11.8 Å². The number of hydrogen-bond donors (Lipinski definition) is 0. The average Bonchev–Trinajstić information content (AvgIpc) is 2.91. The van der Waals surface area contributed by atoms with Crippen molar-refractivity contribution < 1.29 is 9.53 Å². The molecule has 4 fully saturated rings. The number of ketones is 1. The molecule has 0 amide bonds. The molecule has 2 nitrogen and oxygen atoms in total. The lowest BCUT2D eigenvalue weighted by Gasteiger charge is -2.50. The molecule has 0 N–H and O–H groups in total. The SMILES string of the molecule is CC1C(=O)C=CC23CC4CC(OC4(c4ccccc4)C2)C13. The van der Waals surface area contributed by atoms with Gasteiger partial charge in [0.15, 0.2) is 5.78 Å². The van der Waals surface area contributed by atoms with Gasteiger partial charge in [-0.3, -0.25) is 4.79 Å². The zero-order chi connectivity index (χ0) is 14.2. The predicted molar refractivity (Wildman–Crippen MR) is 79.6 cm³/mol. The molecule has 1 aromatic rings. The number of carbonyl (C=O) groups is 1. The van der Waals surface area contributed by atoms with Crippen LogP contribution in [0.4, 0.5) is 0 Å². The van der Waals surface area contributed by atoms with Gasteiger partial charge in [0.25, 0.3) is 0 Å². The smallest absolute Gasteiger partial charge is 0.158 e. The van der Waals surface area contributed by atoms with E-state index in [2.05, 4.69) is 43.3 Å². The van der Waals surface area contributed by atoms with Gasteiger partial charge < -0.3 is 4.74 Å². The molecule has 2 saturated carbocycles. The summed E-state index contributed by atoms with van der Waals surface area (Å²) in [4.78, 5) is 12.1. The van der Waals surface area contributed by atoms with Crippen LogP contribution in [0.1, 0.15) is 31.7 Å². The van der Waals surface area contributed by atoms with Gasteiger partial charge in [-0.2, -0.15) is 0 Å². The van der Waals surface area contributed by atoms with Crippen LogP contribution >= 0.6 is 0 Å². The quantitative estimate of drug-likeness (QED) is 0.787. The lowest BCUT2D eigenvalue weighted by molar-refractivity contribution is -0.156. The third-order valence-corrected chi connectivity index (χ3v) is 6.65. The van der Waals surface area contributed by atoms with Crippen LogP contribution in [-0.4, -0.2) is 11.9 Å². The van der Waals surface area contributed by atoms with Crippen LogP contribution in [0.2, 0.25) is 0 Å². The molecule has 1 aromatic carbocycles. The van der Waals surface area contributed by atoms with Gasteiger partial charge in [-0.1, -0.05) is 43.3 Å². The van der Waals surface area contributed by atoms with Crippen LogP contribution in [0, 0.1) is 23.2 Å².